The van der Waals surface area contributed by atoms with Gasteiger partial charge in [0.1, 0.15) is 0 Å². The maximum Gasteiger partial charge on any atom is 0.318 e. The fourth-order valence-electron chi connectivity index (χ4n) is 3.82. The molecule has 0 heterocycles. The van der Waals surface area contributed by atoms with E-state index in [2.05, 4.69) is 12.2 Å². The molecule has 5 heteroatoms. The van der Waals surface area contributed by atoms with Gasteiger partial charge in [-0.05, 0) is 38.5 Å². The normalized spacial score (nSPS) is 23.0. The van der Waals surface area contributed by atoms with Gasteiger partial charge in [0.15, 0.2) is 0 Å². The third-order valence-corrected chi connectivity index (χ3v) is 5.64. The van der Waals surface area contributed by atoms with E-state index >= 15 is 0 Å². The molecule has 0 atom stereocenters. The molecule has 2 aliphatic carbocycles. The summed E-state index contributed by atoms with van der Waals surface area (Å²) in [5, 5.41) is 12.4. The number of carbonyl (C=O) groups excluding carboxylic acids is 1. The number of carbonyl (C=O) groups is 2. The summed E-state index contributed by atoms with van der Waals surface area (Å²) >= 11 is 0. The van der Waals surface area contributed by atoms with Crippen LogP contribution in [0.1, 0.15) is 71.1 Å². The van der Waals surface area contributed by atoms with Gasteiger partial charge in [0.25, 0.3) is 0 Å². The monoisotopic (exact) mass is 296 g/mol. The molecule has 2 fully saturated rings. The topological polar surface area (TPSA) is 69.6 Å². The van der Waals surface area contributed by atoms with Crippen molar-refractivity contribution < 1.29 is 14.7 Å². The number of aliphatic carboxylic acids is 1. The van der Waals surface area contributed by atoms with Crippen molar-refractivity contribution in [1.29, 1.82) is 0 Å². The van der Waals surface area contributed by atoms with E-state index in [9.17, 15) is 14.7 Å². The van der Waals surface area contributed by atoms with E-state index in [1.807, 2.05) is 0 Å². The summed E-state index contributed by atoms with van der Waals surface area (Å²) in [6.45, 7) is 2.10. The highest BCUT2D eigenvalue weighted by Gasteiger charge is 2.43. The minimum Gasteiger partial charge on any atom is -0.481 e. The predicted octanol–water partition coefficient (Wildman–Crippen LogP) is 3.14. The zero-order chi connectivity index (χ0) is 15.5. The molecule has 0 aromatic carbocycles. The van der Waals surface area contributed by atoms with Crippen LogP contribution in [0.15, 0.2) is 0 Å². The van der Waals surface area contributed by atoms with E-state index in [-0.39, 0.29) is 18.0 Å². The Hall–Kier alpha value is -1.26. The van der Waals surface area contributed by atoms with E-state index < -0.39 is 11.5 Å². The number of carboxylic acid groups (broad SMARTS) is 1. The Balaban J connectivity index is 2.08. The lowest BCUT2D eigenvalue weighted by molar-refractivity contribution is -0.140. The number of amides is 2. The number of nitrogens with zero attached hydrogens (tertiary/aromatic N) is 1. The molecule has 2 aliphatic rings. The Kier molecular flexibility index (Phi) is 4.79. The molecule has 2 N–H and O–H groups in total. The van der Waals surface area contributed by atoms with Crippen LogP contribution in [0.5, 0.6) is 0 Å². The minimum atomic E-state index is -0.814. The van der Waals surface area contributed by atoms with Gasteiger partial charge in [0.2, 0.25) is 0 Å². The summed E-state index contributed by atoms with van der Waals surface area (Å²) in [6, 6.07) is -0.0975. The van der Waals surface area contributed by atoms with Crippen LogP contribution >= 0.6 is 0 Å². The van der Waals surface area contributed by atoms with Gasteiger partial charge in [-0.2, -0.15) is 0 Å². The highest BCUT2D eigenvalue weighted by molar-refractivity contribution is 5.77. The molecule has 0 bridgehead atoms. The third-order valence-electron chi connectivity index (χ3n) is 5.64. The lowest BCUT2D eigenvalue weighted by atomic mass is 9.74. The summed E-state index contributed by atoms with van der Waals surface area (Å²) in [6.07, 6.45) is 8.96. The highest BCUT2D eigenvalue weighted by Crippen LogP contribution is 2.38. The summed E-state index contributed by atoms with van der Waals surface area (Å²) in [7, 11) is 1.77. The van der Waals surface area contributed by atoms with Crippen molar-refractivity contribution in [3.8, 4) is 0 Å². The third kappa shape index (κ3) is 3.33. The second-order valence-electron chi connectivity index (χ2n) is 6.83. The largest absolute Gasteiger partial charge is 0.481 e. The molecule has 0 radical (unpaired) electrons. The molecule has 0 aromatic rings. The van der Waals surface area contributed by atoms with Gasteiger partial charge in [-0.15, -0.1) is 0 Å². The van der Waals surface area contributed by atoms with Gasteiger partial charge in [-0.3, -0.25) is 4.79 Å². The van der Waals surface area contributed by atoms with Crippen LogP contribution in [0.4, 0.5) is 4.79 Å². The number of hydrogen-bond donors (Lipinski definition) is 2. The molecule has 2 amide bonds. The van der Waals surface area contributed by atoms with Crippen molar-refractivity contribution in [3.63, 3.8) is 0 Å². The van der Waals surface area contributed by atoms with Crippen molar-refractivity contribution in [2.24, 2.45) is 0 Å². The summed E-state index contributed by atoms with van der Waals surface area (Å²) in [5.41, 5.74) is -0.558. The molecule has 2 saturated carbocycles. The Bertz CT molecular complexity index is 393. The summed E-state index contributed by atoms with van der Waals surface area (Å²) < 4.78 is 0. The van der Waals surface area contributed by atoms with Gasteiger partial charge in [0.05, 0.1) is 12.0 Å². The standard InChI is InChI=1S/C16H28N2O3/c1-3-15(8-7-9-15)17-14(21)18(2)16(12-13(19)20)10-5-4-6-11-16/h3-12H2,1-2H3,(H,17,21)(H,19,20). The summed E-state index contributed by atoms with van der Waals surface area (Å²) in [4.78, 5) is 25.6. The molecule has 2 rings (SSSR count). The average Bonchev–Trinajstić information content (AvgIpc) is 2.42. The molecule has 21 heavy (non-hydrogen) atoms. The van der Waals surface area contributed by atoms with Gasteiger partial charge in [-0.25, -0.2) is 4.79 Å². The number of nitrogens with one attached hydrogen (secondary N) is 1. The van der Waals surface area contributed by atoms with Gasteiger partial charge >= 0.3 is 12.0 Å². The second kappa shape index (κ2) is 6.24. The van der Waals surface area contributed by atoms with Crippen LogP contribution in [0.25, 0.3) is 0 Å². The molecule has 0 unspecified atom stereocenters. The molecule has 5 nitrogen and oxygen atoms in total. The van der Waals surface area contributed by atoms with Crippen molar-refractivity contribution in [2.75, 3.05) is 7.05 Å². The summed E-state index contributed by atoms with van der Waals surface area (Å²) in [5.74, 6) is -0.814. The Labute approximate surface area is 127 Å². The van der Waals surface area contributed by atoms with Gasteiger partial charge < -0.3 is 15.3 Å². The van der Waals surface area contributed by atoms with E-state index in [0.717, 1.165) is 57.8 Å². The molecule has 0 saturated heterocycles. The first-order valence-corrected chi connectivity index (χ1v) is 8.21. The molecular formula is C16H28N2O3. The Morgan fingerprint density at radius 2 is 1.71 bits per heavy atom. The van der Waals surface area contributed by atoms with E-state index in [4.69, 9.17) is 0 Å². The van der Waals surface area contributed by atoms with Crippen molar-refractivity contribution in [1.82, 2.24) is 10.2 Å². The molecular weight excluding hydrogens is 268 g/mol. The maximum atomic E-state index is 12.6. The number of hydrogen-bond acceptors (Lipinski definition) is 2. The zero-order valence-electron chi connectivity index (χ0n) is 13.3. The van der Waals surface area contributed by atoms with E-state index in [0.29, 0.717) is 0 Å². The minimum absolute atomic E-state index is 0.0512. The SMILES string of the molecule is CCC1(NC(=O)N(C)C2(CC(=O)O)CCCCC2)CCC1. The lowest BCUT2D eigenvalue weighted by Gasteiger charge is -2.47. The first-order valence-electron chi connectivity index (χ1n) is 8.21. The average molecular weight is 296 g/mol. The molecule has 0 aliphatic heterocycles. The van der Waals surface area contributed by atoms with Crippen LogP contribution in [-0.2, 0) is 4.79 Å². The number of carboxylic acids is 1. The molecule has 0 spiro atoms. The fraction of sp³-hybridized carbons (Fsp3) is 0.875. The number of rotatable bonds is 5. The lowest BCUT2D eigenvalue weighted by Crippen LogP contribution is -2.61. The predicted molar refractivity (Wildman–Crippen MR) is 81.2 cm³/mol. The smallest absolute Gasteiger partial charge is 0.318 e. The molecule has 120 valence electrons. The van der Waals surface area contributed by atoms with Gasteiger partial charge in [0, 0.05) is 12.6 Å². The van der Waals surface area contributed by atoms with Crippen molar-refractivity contribution in [2.45, 2.75) is 82.2 Å². The van der Waals surface area contributed by atoms with Crippen LogP contribution in [-0.4, -0.2) is 40.1 Å². The quantitative estimate of drug-likeness (QED) is 0.819. The van der Waals surface area contributed by atoms with E-state index in [1.54, 1.807) is 11.9 Å². The maximum absolute atomic E-state index is 12.6. The van der Waals surface area contributed by atoms with Gasteiger partial charge in [-0.1, -0.05) is 26.2 Å². The molecule has 0 aromatic heterocycles. The Morgan fingerprint density at radius 3 is 2.14 bits per heavy atom. The highest BCUT2D eigenvalue weighted by atomic mass is 16.4. The van der Waals surface area contributed by atoms with Crippen LogP contribution in [0, 0.1) is 0 Å². The fourth-order valence-corrected chi connectivity index (χ4v) is 3.82. The van der Waals surface area contributed by atoms with Crippen LogP contribution in [0.2, 0.25) is 0 Å². The number of urea groups is 1. The Morgan fingerprint density at radius 1 is 1.10 bits per heavy atom. The van der Waals surface area contributed by atoms with Crippen LogP contribution in [0.3, 0.4) is 0 Å². The first kappa shape index (κ1) is 16.1. The first-order chi connectivity index (χ1) is 9.93. The van der Waals surface area contributed by atoms with Crippen LogP contribution < -0.4 is 5.32 Å². The van der Waals surface area contributed by atoms with E-state index in [1.165, 1.54) is 0 Å². The zero-order valence-corrected chi connectivity index (χ0v) is 13.3. The second-order valence-corrected chi connectivity index (χ2v) is 6.83. The van der Waals surface area contributed by atoms with Crippen molar-refractivity contribution >= 4 is 12.0 Å². The van der Waals surface area contributed by atoms with Crippen molar-refractivity contribution in [3.05, 3.63) is 0 Å².